The van der Waals surface area contributed by atoms with Crippen molar-refractivity contribution >= 4 is 5.69 Å². The summed E-state index contributed by atoms with van der Waals surface area (Å²) in [5.41, 5.74) is 7.92. The molecule has 2 aromatic carbocycles. The molecule has 0 fully saturated rings. The molecule has 0 aliphatic rings. The highest BCUT2D eigenvalue weighted by molar-refractivity contribution is 5.59. The molecule has 0 radical (unpaired) electrons. The van der Waals surface area contributed by atoms with Gasteiger partial charge in [0.25, 0.3) is 0 Å². The molecule has 0 heterocycles. The first-order valence-electron chi connectivity index (χ1n) is 6.89. The summed E-state index contributed by atoms with van der Waals surface area (Å²) >= 11 is 0. The van der Waals surface area contributed by atoms with Crippen LogP contribution in [0.1, 0.15) is 40.8 Å². The smallest absolute Gasteiger partial charge is 0.0488 e. The summed E-state index contributed by atoms with van der Waals surface area (Å²) < 4.78 is 0. The average Bonchev–Trinajstić information content (AvgIpc) is 2.34. The number of benzene rings is 2. The normalized spacial score (nSPS) is 12.3. The number of rotatable bonds is 3. The van der Waals surface area contributed by atoms with Crippen molar-refractivity contribution in [3.05, 3.63) is 64.2 Å². The van der Waals surface area contributed by atoms with Crippen LogP contribution in [-0.4, -0.2) is 0 Å². The van der Waals surface area contributed by atoms with Crippen LogP contribution in [0.4, 0.5) is 5.69 Å². The van der Waals surface area contributed by atoms with E-state index < -0.39 is 0 Å². The monoisotopic (exact) mass is 253 g/mol. The number of anilines is 1. The zero-order chi connectivity index (χ0) is 14.0. The van der Waals surface area contributed by atoms with Gasteiger partial charge in [-0.15, -0.1) is 0 Å². The Kier molecular flexibility index (Phi) is 3.94. The van der Waals surface area contributed by atoms with Gasteiger partial charge in [-0.2, -0.15) is 0 Å². The van der Waals surface area contributed by atoms with Crippen LogP contribution in [0.5, 0.6) is 0 Å². The van der Waals surface area contributed by atoms with E-state index in [0.29, 0.717) is 6.04 Å². The predicted octanol–water partition coefficient (Wildman–Crippen LogP) is 5.09. The van der Waals surface area contributed by atoms with E-state index in [9.17, 15) is 0 Å². The lowest BCUT2D eigenvalue weighted by atomic mass is 10.00. The molecule has 0 saturated heterocycles. The average molecular weight is 253 g/mol. The molecule has 1 nitrogen and oxygen atoms in total. The lowest BCUT2D eigenvalue weighted by Crippen LogP contribution is -2.10. The molecular weight excluding hydrogens is 230 g/mol. The lowest BCUT2D eigenvalue weighted by Gasteiger charge is -2.21. The minimum Gasteiger partial charge on any atom is -0.378 e. The second kappa shape index (κ2) is 5.48. The Morgan fingerprint density at radius 1 is 0.842 bits per heavy atom. The maximum absolute atomic E-state index is 3.66. The molecule has 2 aromatic rings. The van der Waals surface area contributed by atoms with Crippen LogP contribution in [-0.2, 0) is 0 Å². The Hall–Kier alpha value is -1.76. The van der Waals surface area contributed by atoms with Crippen molar-refractivity contribution in [1.29, 1.82) is 0 Å². The van der Waals surface area contributed by atoms with Crippen molar-refractivity contribution in [2.24, 2.45) is 0 Å². The molecule has 0 saturated carbocycles. The fraction of sp³-hybridized carbons (Fsp3) is 0.333. The third-order valence-electron chi connectivity index (χ3n) is 3.69. The molecule has 0 amide bonds. The van der Waals surface area contributed by atoms with E-state index in [2.05, 4.69) is 76.3 Å². The van der Waals surface area contributed by atoms with E-state index >= 15 is 0 Å². The van der Waals surface area contributed by atoms with Gasteiger partial charge < -0.3 is 5.32 Å². The SMILES string of the molecule is Cc1cc(C)c(NC(C)c2ccccc2C)c(C)c1. The molecule has 19 heavy (non-hydrogen) atoms. The van der Waals surface area contributed by atoms with Crippen LogP contribution in [0, 0.1) is 27.7 Å². The number of hydrogen-bond donors (Lipinski definition) is 1. The van der Waals surface area contributed by atoms with Crippen molar-refractivity contribution in [3.63, 3.8) is 0 Å². The maximum Gasteiger partial charge on any atom is 0.0488 e. The van der Waals surface area contributed by atoms with Gasteiger partial charge in [0.05, 0.1) is 0 Å². The molecule has 1 heteroatoms. The fourth-order valence-electron chi connectivity index (χ4n) is 2.77. The van der Waals surface area contributed by atoms with Crippen molar-refractivity contribution in [3.8, 4) is 0 Å². The summed E-state index contributed by atoms with van der Waals surface area (Å²) in [7, 11) is 0. The van der Waals surface area contributed by atoms with Crippen LogP contribution in [0.15, 0.2) is 36.4 Å². The van der Waals surface area contributed by atoms with E-state index in [0.717, 1.165) is 0 Å². The molecule has 0 bridgehead atoms. The van der Waals surface area contributed by atoms with E-state index in [-0.39, 0.29) is 0 Å². The first-order chi connectivity index (χ1) is 8.99. The molecule has 0 spiro atoms. The highest BCUT2D eigenvalue weighted by atomic mass is 14.9. The van der Waals surface area contributed by atoms with Gasteiger partial charge >= 0.3 is 0 Å². The van der Waals surface area contributed by atoms with Crippen LogP contribution in [0.2, 0.25) is 0 Å². The van der Waals surface area contributed by atoms with E-state index in [1.165, 1.54) is 33.5 Å². The zero-order valence-electron chi connectivity index (χ0n) is 12.5. The summed E-state index contributed by atoms with van der Waals surface area (Å²) in [5.74, 6) is 0. The van der Waals surface area contributed by atoms with Crippen LogP contribution >= 0.6 is 0 Å². The van der Waals surface area contributed by atoms with Crippen molar-refractivity contribution in [1.82, 2.24) is 0 Å². The Labute approximate surface area is 116 Å². The summed E-state index contributed by atoms with van der Waals surface area (Å²) in [6, 6.07) is 13.4. The fourth-order valence-corrected chi connectivity index (χ4v) is 2.77. The van der Waals surface area contributed by atoms with Gasteiger partial charge in [-0.1, -0.05) is 42.0 Å². The van der Waals surface area contributed by atoms with Gasteiger partial charge in [-0.3, -0.25) is 0 Å². The van der Waals surface area contributed by atoms with Crippen molar-refractivity contribution < 1.29 is 0 Å². The highest BCUT2D eigenvalue weighted by Crippen LogP contribution is 2.27. The molecule has 1 atom stereocenters. The van der Waals surface area contributed by atoms with Gasteiger partial charge in [0.1, 0.15) is 0 Å². The van der Waals surface area contributed by atoms with E-state index in [1.807, 2.05) is 0 Å². The zero-order valence-corrected chi connectivity index (χ0v) is 12.5. The first kappa shape index (κ1) is 13.7. The molecule has 0 aliphatic heterocycles. The van der Waals surface area contributed by atoms with E-state index in [1.54, 1.807) is 0 Å². The summed E-state index contributed by atoms with van der Waals surface area (Å²) in [5, 5.41) is 3.66. The first-order valence-corrected chi connectivity index (χ1v) is 6.89. The standard InChI is InChI=1S/C18H23N/c1-12-10-14(3)18(15(4)11-12)19-16(5)17-9-7-6-8-13(17)2/h6-11,16,19H,1-5H3. The Morgan fingerprint density at radius 3 is 2.00 bits per heavy atom. The highest BCUT2D eigenvalue weighted by Gasteiger charge is 2.10. The maximum atomic E-state index is 3.66. The third kappa shape index (κ3) is 2.98. The quantitative estimate of drug-likeness (QED) is 0.803. The van der Waals surface area contributed by atoms with E-state index in [4.69, 9.17) is 0 Å². The van der Waals surface area contributed by atoms with Gasteiger partial charge in [-0.05, 0) is 56.9 Å². The molecule has 1 N–H and O–H groups in total. The van der Waals surface area contributed by atoms with Crippen LogP contribution in [0.3, 0.4) is 0 Å². The topological polar surface area (TPSA) is 12.0 Å². The molecule has 2 rings (SSSR count). The number of hydrogen-bond acceptors (Lipinski definition) is 1. The van der Waals surface area contributed by atoms with Gasteiger partial charge in [0, 0.05) is 11.7 Å². The van der Waals surface area contributed by atoms with Crippen molar-refractivity contribution in [2.45, 2.75) is 40.7 Å². The molecule has 1 unspecified atom stereocenters. The van der Waals surface area contributed by atoms with Crippen molar-refractivity contribution in [2.75, 3.05) is 5.32 Å². The van der Waals surface area contributed by atoms with Gasteiger partial charge in [0.15, 0.2) is 0 Å². The van der Waals surface area contributed by atoms with Gasteiger partial charge in [0.2, 0.25) is 0 Å². The lowest BCUT2D eigenvalue weighted by molar-refractivity contribution is 0.869. The Bertz CT molecular complexity index is 561. The second-order valence-corrected chi connectivity index (χ2v) is 5.50. The van der Waals surface area contributed by atoms with Crippen LogP contribution in [0.25, 0.3) is 0 Å². The third-order valence-corrected chi connectivity index (χ3v) is 3.69. The Balaban J connectivity index is 2.29. The molecule has 0 aliphatic carbocycles. The second-order valence-electron chi connectivity index (χ2n) is 5.50. The Morgan fingerprint density at radius 2 is 1.42 bits per heavy atom. The van der Waals surface area contributed by atoms with Crippen LogP contribution < -0.4 is 5.32 Å². The summed E-state index contributed by atoms with van der Waals surface area (Å²) in [4.78, 5) is 0. The minimum absolute atomic E-state index is 0.321. The number of nitrogens with one attached hydrogen (secondary N) is 1. The number of aryl methyl sites for hydroxylation is 4. The molecule has 0 aromatic heterocycles. The summed E-state index contributed by atoms with van der Waals surface area (Å²) in [6.45, 7) is 10.9. The van der Waals surface area contributed by atoms with Gasteiger partial charge in [-0.25, -0.2) is 0 Å². The summed E-state index contributed by atoms with van der Waals surface area (Å²) in [6.07, 6.45) is 0. The molecular formula is C18H23N. The largest absolute Gasteiger partial charge is 0.378 e. The minimum atomic E-state index is 0.321. The molecule has 100 valence electrons. The predicted molar refractivity (Wildman–Crippen MR) is 83.9 cm³/mol.